The van der Waals surface area contributed by atoms with E-state index in [0.29, 0.717) is 6.42 Å². The number of halogens is 1. The Morgan fingerprint density at radius 3 is 2.67 bits per heavy atom. The Labute approximate surface area is 98.4 Å². The highest BCUT2D eigenvalue weighted by Crippen LogP contribution is 2.24. The third kappa shape index (κ3) is 3.67. The highest BCUT2D eigenvalue weighted by Gasteiger charge is 2.05. The van der Waals surface area contributed by atoms with Crippen LogP contribution < -0.4 is 0 Å². The Bertz CT molecular complexity index is 372. The molecule has 3 heteroatoms. The molecule has 82 valence electrons. The number of benzene rings is 1. The monoisotopic (exact) mass is 270 g/mol. The molecule has 1 rings (SSSR count). The van der Waals surface area contributed by atoms with Gasteiger partial charge in [0.2, 0.25) is 0 Å². The Morgan fingerprint density at radius 1 is 1.40 bits per heavy atom. The molecule has 1 N–H and O–H groups in total. The summed E-state index contributed by atoms with van der Waals surface area (Å²) in [5, 5.41) is 8.56. The van der Waals surface area contributed by atoms with Gasteiger partial charge in [0.15, 0.2) is 0 Å². The van der Waals surface area contributed by atoms with E-state index >= 15 is 0 Å². The fourth-order valence-corrected chi connectivity index (χ4v) is 2.08. The normalized spacial score (nSPS) is 10.3. The first kappa shape index (κ1) is 12.2. The van der Waals surface area contributed by atoms with Crippen molar-refractivity contribution in [3.8, 4) is 0 Å². The van der Waals surface area contributed by atoms with Gasteiger partial charge >= 0.3 is 5.97 Å². The zero-order chi connectivity index (χ0) is 11.4. The van der Waals surface area contributed by atoms with Crippen LogP contribution in [0.5, 0.6) is 0 Å². The maximum Gasteiger partial charge on any atom is 0.303 e. The molecule has 0 heterocycles. The topological polar surface area (TPSA) is 37.3 Å². The molecule has 0 aliphatic carbocycles. The van der Waals surface area contributed by atoms with Gasteiger partial charge in [-0.3, -0.25) is 4.79 Å². The molecule has 0 atom stereocenters. The first-order chi connectivity index (χ1) is 7.00. The maximum absolute atomic E-state index is 10.4. The molecule has 2 nitrogen and oxygen atoms in total. The SMILES string of the molecule is Cc1cc(C)c(Br)c(CCCC(=O)O)c1. The Morgan fingerprint density at radius 2 is 2.07 bits per heavy atom. The van der Waals surface area contributed by atoms with E-state index in [0.717, 1.165) is 10.9 Å². The van der Waals surface area contributed by atoms with E-state index in [2.05, 4.69) is 41.9 Å². The van der Waals surface area contributed by atoms with Gasteiger partial charge in [0.25, 0.3) is 0 Å². The first-order valence-corrected chi connectivity index (χ1v) is 5.77. The van der Waals surface area contributed by atoms with E-state index in [-0.39, 0.29) is 6.42 Å². The summed E-state index contributed by atoms with van der Waals surface area (Å²) >= 11 is 3.53. The quantitative estimate of drug-likeness (QED) is 0.910. The number of hydrogen-bond donors (Lipinski definition) is 1. The Hall–Kier alpha value is -0.830. The number of aliphatic carboxylic acids is 1. The fraction of sp³-hybridized carbons (Fsp3) is 0.417. The van der Waals surface area contributed by atoms with Crippen LogP contribution in [-0.2, 0) is 11.2 Å². The van der Waals surface area contributed by atoms with E-state index in [1.165, 1.54) is 16.7 Å². The molecule has 0 radical (unpaired) electrons. The van der Waals surface area contributed by atoms with Crippen LogP contribution >= 0.6 is 15.9 Å². The lowest BCUT2D eigenvalue weighted by Gasteiger charge is -2.08. The Kier molecular flexibility index (Phi) is 4.33. The second kappa shape index (κ2) is 5.31. The second-order valence-corrected chi connectivity index (χ2v) is 4.60. The van der Waals surface area contributed by atoms with Crippen LogP contribution in [0.25, 0.3) is 0 Å². The summed E-state index contributed by atoms with van der Waals surface area (Å²) in [5.41, 5.74) is 3.63. The van der Waals surface area contributed by atoms with Crippen molar-refractivity contribution in [2.24, 2.45) is 0 Å². The first-order valence-electron chi connectivity index (χ1n) is 4.98. The molecule has 0 fully saturated rings. The van der Waals surface area contributed by atoms with Crippen molar-refractivity contribution in [2.45, 2.75) is 33.1 Å². The van der Waals surface area contributed by atoms with Crippen LogP contribution in [0.15, 0.2) is 16.6 Å². The third-order valence-corrected chi connectivity index (χ3v) is 3.45. The summed E-state index contributed by atoms with van der Waals surface area (Å²) in [5.74, 6) is -0.726. The van der Waals surface area contributed by atoms with Gasteiger partial charge in [-0.2, -0.15) is 0 Å². The molecule has 0 aliphatic rings. The lowest BCUT2D eigenvalue weighted by atomic mass is 10.0. The predicted octanol–water partition coefficient (Wildman–Crippen LogP) is 3.47. The van der Waals surface area contributed by atoms with Crippen LogP contribution in [0.1, 0.15) is 29.5 Å². The highest BCUT2D eigenvalue weighted by atomic mass is 79.9. The number of carboxylic acids is 1. The summed E-state index contributed by atoms with van der Waals surface area (Å²) in [6.07, 6.45) is 1.74. The minimum atomic E-state index is -0.726. The average Bonchev–Trinajstić information content (AvgIpc) is 2.12. The van der Waals surface area contributed by atoms with E-state index in [1.807, 2.05) is 0 Å². The van der Waals surface area contributed by atoms with Crippen molar-refractivity contribution in [1.29, 1.82) is 0 Å². The zero-order valence-corrected chi connectivity index (χ0v) is 10.6. The lowest BCUT2D eigenvalue weighted by Crippen LogP contribution is -1.97. The minimum absolute atomic E-state index is 0.236. The Balaban J connectivity index is 2.72. The van der Waals surface area contributed by atoms with Gasteiger partial charge in [-0.05, 0) is 37.8 Å². The molecule has 1 aromatic carbocycles. The largest absolute Gasteiger partial charge is 0.481 e. The summed E-state index contributed by atoms with van der Waals surface area (Å²) in [4.78, 5) is 10.4. The second-order valence-electron chi connectivity index (χ2n) is 3.80. The van der Waals surface area contributed by atoms with Crippen molar-refractivity contribution in [3.63, 3.8) is 0 Å². The molecular formula is C12H15BrO2. The molecular weight excluding hydrogens is 256 g/mol. The molecule has 15 heavy (non-hydrogen) atoms. The van der Waals surface area contributed by atoms with Crippen molar-refractivity contribution < 1.29 is 9.90 Å². The summed E-state index contributed by atoms with van der Waals surface area (Å²) in [6.45, 7) is 4.11. The number of aryl methyl sites for hydroxylation is 3. The molecule has 0 spiro atoms. The summed E-state index contributed by atoms with van der Waals surface area (Å²) in [6, 6.07) is 4.23. The van der Waals surface area contributed by atoms with Crippen molar-refractivity contribution in [3.05, 3.63) is 33.3 Å². The predicted molar refractivity (Wildman–Crippen MR) is 64.2 cm³/mol. The number of carbonyl (C=O) groups is 1. The molecule has 0 amide bonds. The van der Waals surface area contributed by atoms with E-state index in [1.54, 1.807) is 0 Å². The van der Waals surface area contributed by atoms with E-state index < -0.39 is 5.97 Å². The highest BCUT2D eigenvalue weighted by molar-refractivity contribution is 9.10. The molecule has 0 saturated heterocycles. The van der Waals surface area contributed by atoms with Gasteiger partial charge < -0.3 is 5.11 Å². The van der Waals surface area contributed by atoms with Gasteiger partial charge in [-0.25, -0.2) is 0 Å². The number of carboxylic acid groups (broad SMARTS) is 1. The average molecular weight is 271 g/mol. The van der Waals surface area contributed by atoms with Crippen molar-refractivity contribution in [1.82, 2.24) is 0 Å². The van der Waals surface area contributed by atoms with Crippen LogP contribution in [0.3, 0.4) is 0 Å². The summed E-state index contributed by atoms with van der Waals surface area (Å²) in [7, 11) is 0. The zero-order valence-electron chi connectivity index (χ0n) is 9.01. The molecule has 0 aromatic heterocycles. The lowest BCUT2D eigenvalue weighted by molar-refractivity contribution is -0.137. The van der Waals surface area contributed by atoms with Crippen LogP contribution in [0.4, 0.5) is 0 Å². The third-order valence-electron chi connectivity index (χ3n) is 2.31. The molecule has 0 saturated carbocycles. The smallest absolute Gasteiger partial charge is 0.303 e. The number of rotatable bonds is 4. The van der Waals surface area contributed by atoms with Crippen molar-refractivity contribution in [2.75, 3.05) is 0 Å². The molecule has 0 bridgehead atoms. The maximum atomic E-state index is 10.4. The molecule has 0 aliphatic heterocycles. The van der Waals surface area contributed by atoms with E-state index in [4.69, 9.17) is 5.11 Å². The van der Waals surface area contributed by atoms with Gasteiger partial charge in [-0.1, -0.05) is 33.6 Å². The minimum Gasteiger partial charge on any atom is -0.481 e. The van der Waals surface area contributed by atoms with Crippen LogP contribution in [-0.4, -0.2) is 11.1 Å². The standard InChI is InChI=1S/C12H15BrO2/c1-8-6-9(2)12(13)10(7-8)4-3-5-11(14)15/h6-7H,3-5H2,1-2H3,(H,14,15). The van der Waals surface area contributed by atoms with Crippen LogP contribution in [0.2, 0.25) is 0 Å². The van der Waals surface area contributed by atoms with E-state index in [9.17, 15) is 4.79 Å². The van der Waals surface area contributed by atoms with Gasteiger partial charge in [0.05, 0.1) is 0 Å². The van der Waals surface area contributed by atoms with Gasteiger partial charge in [0.1, 0.15) is 0 Å². The van der Waals surface area contributed by atoms with Gasteiger partial charge in [-0.15, -0.1) is 0 Å². The molecule has 0 unspecified atom stereocenters. The fourth-order valence-electron chi connectivity index (χ4n) is 1.65. The van der Waals surface area contributed by atoms with Gasteiger partial charge in [0, 0.05) is 10.9 Å². The summed E-state index contributed by atoms with van der Waals surface area (Å²) < 4.78 is 1.11. The van der Waals surface area contributed by atoms with Crippen LogP contribution in [0, 0.1) is 13.8 Å². The van der Waals surface area contributed by atoms with Crippen molar-refractivity contribution >= 4 is 21.9 Å². The molecule has 1 aromatic rings. The number of hydrogen-bond acceptors (Lipinski definition) is 1.